The van der Waals surface area contributed by atoms with Crippen molar-refractivity contribution in [3.05, 3.63) is 20.8 Å². The Labute approximate surface area is 128 Å². The summed E-state index contributed by atoms with van der Waals surface area (Å²) in [5, 5.41) is 14.1. The molecule has 1 saturated carbocycles. The maximum atomic E-state index is 10.6. The summed E-state index contributed by atoms with van der Waals surface area (Å²) in [6, 6.07) is 4.54. The maximum absolute atomic E-state index is 10.6. The van der Waals surface area contributed by atoms with Gasteiger partial charge in [-0.2, -0.15) is 0 Å². The molecule has 108 valence electrons. The topological polar surface area (TPSA) is 32.3 Å². The standard InChI is InChI=1S/C15H24BrNOS/c1-3-12-6-8-15(18,9-7-12)10-17-11(2)13-4-5-14(16)19-13/h4-5,11-12,17-18H,3,6-10H2,1-2H3. The van der Waals surface area contributed by atoms with Gasteiger partial charge in [-0.1, -0.05) is 13.3 Å². The van der Waals surface area contributed by atoms with Gasteiger partial charge in [0.05, 0.1) is 9.39 Å². The monoisotopic (exact) mass is 345 g/mol. The molecule has 0 bridgehead atoms. The lowest BCUT2D eigenvalue weighted by atomic mass is 9.78. The van der Waals surface area contributed by atoms with Crippen LogP contribution in [0.1, 0.15) is 56.9 Å². The van der Waals surface area contributed by atoms with Crippen LogP contribution in [0.2, 0.25) is 0 Å². The van der Waals surface area contributed by atoms with Crippen LogP contribution < -0.4 is 5.32 Å². The van der Waals surface area contributed by atoms with Crippen LogP contribution in [0.4, 0.5) is 0 Å². The van der Waals surface area contributed by atoms with Gasteiger partial charge in [0.2, 0.25) is 0 Å². The molecule has 1 fully saturated rings. The summed E-state index contributed by atoms with van der Waals surface area (Å²) < 4.78 is 1.17. The second-order valence-electron chi connectivity index (χ2n) is 5.82. The molecule has 1 aromatic heterocycles. The average molecular weight is 346 g/mol. The first-order valence-corrected chi connectivity index (χ1v) is 8.84. The fourth-order valence-corrected chi connectivity index (χ4v) is 4.25. The SMILES string of the molecule is CCC1CCC(O)(CNC(C)c2ccc(Br)s2)CC1. The van der Waals surface area contributed by atoms with Crippen molar-refractivity contribution in [2.75, 3.05) is 6.54 Å². The number of thiophene rings is 1. The molecular weight excluding hydrogens is 322 g/mol. The van der Waals surface area contributed by atoms with Crippen LogP contribution in [-0.2, 0) is 0 Å². The van der Waals surface area contributed by atoms with Crippen LogP contribution in [0.3, 0.4) is 0 Å². The Morgan fingerprint density at radius 1 is 1.47 bits per heavy atom. The van der Waals surface area contributed by atoms with Crippen molar-refractivity contribution in [2.24, 2.45) is 5.92 Å². The zero-order chi connectivity index (χ0) is 13.9. The van der Waals surface area contributed by atoms with E-state index in [1.807, 2.05) is 0 Å². The molecule has 0 spiro atoms. The van der Waals surface area contributed by atoms with Crippen LogP contribution in [-0.4, -0.2) is 17.3 Å². The van der Waals surface area contributed by atoms with E-state index in [9.17, 15) is 5.11 Å². The highest BCUT2D eigenvalue weighted by Crippen LogP contribution is 2.34. The van der Waals surface area contributed by atoms with E-state index < -0.39 is 5.60 Å². The Balaban J connectivity index is 1.81. The summed E-state index contributed by atoms with van der Waals surface area (Å²) in [5.41, 5.74) is -0.492. The van der Waals surface area contributed by atoms with Crippen molar-refractivity contribution in [2.45, 2.75) is 57.6 Å². The highest BCUT2D eigenvalue weighted by Gasteiger charge is 2.32. The van der Waals surface area contributed by atoms with Gasteiger partial charge in [0, 0.05) is 17.5 Å². The summed E-state index contributed by atoms with van der Waals surface area (Å²) in [5.74, 6) is 0.825. The first-order chi connectivity index (χ1) is 9.02. The van der Waals surface area contributed by atoms with Crippen LogP contribution in [0, 0.1) is 5.92 Å². The van der Waals surface area contributed by atoms with E-state index in [-0.39, 0.29) is 0 Å². The van der Waals surface area contributed by atoms with Gasteiger partial charge in [-0.3, -0.25) is 0 Å². The van der Waals surface area contributed by atoms with Crippen molar-refractivity contribution >= 4 is 27.3 Å². The predicted molar refractivity (Wildman–Crippen MR) is 85.6 cm³/mol. The number of rotatable bonds is 5. The third-order valence-corrected chi connectivity index (χ3v) is 6.18. The number of aliphatic hydroxyl groups is 1. The van der Waals surface area contributed by atoms with Crippen LogP contribution >= 0.6 is 27.3 Å². The van der Waals surface area contributed by atoms with Gasteiger partial charge in [-0.25, -0.2) is 0 Å². The molecule has 0 aliphatic heterocycles. The van der Waals surface area contributed by atoms with Gasteiger partial charge in [0.25, 0.3) is 0 Å². The second kappa shape index (κ2) is 6.70. The molecule has 0 aromatic carbocycles. The van der Waals surface area contributed by atoms with Crippen LogP contribution in [0.5, 0.6) is 0 Å². The lowest BCUT2D eigenvalue weighted by molar-refractivity contribution is -0.0102. The molecule has 2 N–H and O–H groups in total. The van der Waals surface area contributed by atoms with E-state index in [0.717, 1.165) is 18.8 Å². The Morgan fingerprint density at radius 3 is 2.68 bits per heavy atom. The summed E-state index contributed by atoms with van der Waals surface area (Å²) in [6.45, 7) is 5.13. The molecule has 0 amide bonds. The largest absolute Gasteiger partial charge is 0.389 e. The van der Waals surface area contributed by atoms with Gasteiger partial charge in [0.1, 0.15) is 0 Å². The van der Waals surface area contributed by atoms with Crippen molar-refractivity contribution in [1.82, 2.24) is 5.32 Å². The smallest absolute Gasteiger partial charge is 0.0772 e. The van der Waals surface area contributed by atoms with Crippen molar-refractivity contribution < 1.29 is 5.11 Å². The molecule has 0 radical (unpaired) electrons. The van der Waals surface area contributed by atoms with Gasteiger partial charge in [-0.15, -0.1) is 11.3 Å². The Kier molecular flexibility index (Phi) is 5.46. The first-order valence-electron chi connectivity index (χ1n) is 7.23. The third kappa shape index (κ3) is 4.28. The van der Waals surface area contributed by atoms with E-state index in [1.54, 1.807) is 11.3 Å². The highest BCUT2D eigenvalue weighted by atomic mass is 79.9. The minimum atomic E-state index is -0.492. The fraction of sp³-hybridized carbons (Fsp3) is 0.733. The minimum absolute atomic E-state index is 0.309. The quantitative estimate of drug-likeness (QED) is 0.823. The molecule has 2 nitrogen and oxygen atoms in total. The van der Waals surface area contributed by atoms with E-state index in [4.69, 9.17) is 0 Å². The average Bonchev–Trinajstić information content (AvgIpc) is 2.84. The van der Waals surface area contributed by atoms with Gasteiger partial charge in [0.15, 0.2) is 0 Å². The summed E-state index contributed by atoms with van der Waals surface area (Å²) in [4.78, 5) is 1.32. The minimum Gasteiger partial charge on any atom is -0.389 e. The van der Waals surface area contributed by atoms with Crippen molar-refractivity contribution in [3.63, 3.8) is 0 Å². The Bertz CT molecular complexity index is 399. The molecule has 4 heteroatoms. The second-order valence-corrected chi connectivity index (χ2v) is 8.32. The Morgan fingerprint density at radius 2 is 2.16 bits per heavy atom. The zero-order valence-electron chi connectivity index (χ0n) is 11.8. The van der Waals surface area contributed by atoms with Gasteiger partial charge in [-0.05, 0) is 66.6 Å². The molecule has 1 aromatic rings. The van der Waals surface area contributed by atoms with Crippen LogP contribution in [0.25, 0.3) is 0 Å². The first kappa shape index (κ1) is 15.5. The number of hydrogen-bond acceptors (Lipinski definition) is 3. The van der Waals surface area contributed by atoms with E-state index in [2.05, 4.69) is 47.2 Å². The molecule has 1 aliphatic carbocycles. The Hall–Kier alpha value is 0.1000. The normalized spacial score (nSPS) is 29.4. The lowest BCUT2D eigenvalue weighted by Gasteiger charge is -2.36. The number of nitrogens with one attached hydrogen (secondary N) is 1. The molecule has 1 atom stereocenters. The molecule has 1 aliphatic rings. The molecular formula is C15H24BrNOS. The van der Waals surface area contributed by atoms with E-state index in [1.165, 1.54) is 27.9 Å². The molecule has 2 rings (SSSR count). The summed E-state index contributed by atoms with van der Waals surface area (Å²) >= 11 is 5.25. The fourth-order valence-electron chi connectivity index (χ4n) is 2.80. The zero-order valence-corrected chi connectivity index (χ0v) is 14.2. The third-order valence-electron chi connectivity index (χ3n) is 4.37. The molecule has 0 saturated heterocycles. The summed E-state index contributed by atoms with van der Waals surface area (Å²) in [7, 11) is 0. The van der Waals surface area contributed by atoms with Crippen molar-refractivity contribution in [1.29, 1.82) is 0 Å². The maximum Gasteiger partial charge on any atom is 0.0772 e. The van der Waals surface area contributed by atoms with E-state index >= 15 is 0 Å². The lowest BCUT2D eigenvalue weighted by Crippen LogP contribution is -2.44. The predicted octanol–water partition coefficient (Wildman–Crippen LogP) is 4.49. The van der Waals surface area contributed by atoms with Gasteiger partial charge >= 0.3 is 0 Å². The number of hydrogen-bond donors (Lipinski definition) is 2. The van der Waals surface area contributed by atoms with Crippen LogP contribution in [0.15, 0.2) is 15.9 Å². The summed E-state index contributed by atoms with van der Waals surface area (Å²) in [6.07, 6.45) is 5.49. The van der Waals surface area contributed by atoms with Gasteiger partial charge < -0.3 is 10.4 Å². The van der Waals surface area contributed by atoms with E-state index in [0.29, 0.717) is 12.6 Å². The number of halogens is 1. The van der Waals surface area contributed by atoms with Crippen molar-refractivity contribution in [3.8, 4) is 0 Å². The molecule has 1 unspecified atom stereocenters. The molecule has 19 heavy (non-hydrogen) atoms. The molecule has 1 heterocycles. The highest BCUT2D eigenvalue weighted by molar-refractivity contribution is 9.11.